The summed E-state index contributed by atoms with van der Waals surface area (Å²) in [5, 5.41) is 0. The van der Waals surface area contributed by atoms with Crippen LogP contribution < -0.4 is 5.73 Å². The number of hydrogen-bond donors (Lipinski definition) is 1. The van der Waals surface area contributed by atoms with Gasteiger partial charge >= 0.3 is 0 Å². The SMILES string of the molecule is CC(C)c1ccc(CN(C)C(=O)C2(CN)CCOCC2)cc1. The van der Waals surface area contributed by atoms with Crippen LogP contribution in [0.3, 0.4) is 0 Å². The molecule has 0 atom stereocenters. The van der Waals surface area contributed by atoms with Crippen molar-refractivity contribution in [1.29, 1.82) is 0 Å². The number of carbonyl (C=O) groups is 1. The third-order valence-electron chi connectivity index (χ3n) is 4.71. The van der Waals surface area contributed by atoms with Gasteiger partial charge in [-0.1, -0.05) is 38.1 Å². The van der Waals surface area contributed by atoms with Gasteiger partial charge in [-0.3, -0.25) is 4.79 Å². The summed E-state index contributed by atoms with van der Waals surface area (Å²) < 4.78 is 5.38. The van der Waals surface area contributed by atoms with Crippen molar-refractivity contribution < 1.29 is 9.53 Å². The molecule has 4 nitrogen and oxygen atoms in total. The lowest BCUT2D eigenvalue weighted by molar-refractivity contribution is -0.146. The van der Waals surface area contributed by atoms with Gasteiger partial charge in [-0.05, 0) is 29.9 Å². The summed E-state index contributed by atoms with van der Waals surface area (Å²) in [6.45, 7) is 6.63. The van der Waals surface area contributed by atoms with Gasteiger partial charge in [0.05, 0.1) is 5.41 Å². The van der Waals surface area contributed by atoms with Gasteiger partial charge in [-0.2, -0.15) is 0 Å². The van der Waals surface area contributed by atoms with E-state index in [0.717, 1.165) is 18.4 Å². The molecule has 1 saturated heterocycles. The average Bonchev–Trinajstić information content (AvgIpc) is 2.55. The Labute approximate surface area is 133 Å². The molecule has 1 amide bonds. The van der Waals surface area contributed by atoms with Crippen molar-refractivity contribution in [2.45, 2.75) is 39.2 Å². The number of amides is 1. The standard InChI is InChI=1S/C18H28N2O2/c1-14(2)16-6-4-15(5-7-16)12-20(3)17(21)18(13-19)8-10-22-11-9-18/h4-7,14H,8-13,19H2,1-3H3. The van der Waals surface area contributed by atoms with Crippen molar-refractivity contribution in [3.05, 3.63) is 35.4 Å². The van der Waals surface area contributed by atoms with Crippen LogP contribution in [0.5, 0.6) is 0 Å². The van der Waals surface area contributed by atoms with Crippen molar-refractivity contribution in [2.75, 3.05) is 26.8 Å². The molecular formula is C18H28N2O2. The zero-order valence-corrected chi connectivity index (χ0v) is 14.0. The van der Waals surface area contributed by atoms with Crippen LogP contribution in [0.15, 0.2) is 24.3 Å². The van der Waals surface area contributed by atoms with Gasteiger partial charge in [0.25, 0.3) is 0 Å². The van der Waals surface area contributed by atoms with Crippen LogP contribution >= 0.6 is 0 Å². The fraction of sp³-hybridized carbons (Fsp3) is 0.611. The normalized spacial score (nSPS) is 17.5. The number of carbonyl (C=O) groups excluding carboxylic acids is 1. The topological polar surface area (TPSA) is 55.6 Å². The summed E-state index contributed by atoms with van der Waals surface area (Å²) >= 11 is 0. The van der Waals surface area contributed by atoms with E-state index >= 15 is 0 Å². The predicted octanol–water partition coefficient (Wildman–Crippen LogP) is 2.52. The molecule has 1 heterocycles. The van der Waals surface area contributed by atoms with Gasteiger partial charge in [-0.15, -0.1) is 0 Å². The van der Waals surface area contributed by atoms with Crippen molar-refractivity contribution in [2.24, 2.45) is 11.1 Å². The first-order chi connectivity index (χ1) is 10.5. The molecule has 4 heteroatoms. The Morgan fingerprint density at radius 2 is 1.86 bits per heavy atom. The first-order valence-electron chi connectivity index (χ1n) is 8.11. The second-order valence-corrected chi connectivity index (χ2v) is 6.65. The number of benzene rings is 1. The molecule has 22 heavy (non-hydrogen) atoms. The van der Waals surface area contributed by atoms with Gasteiger partial charge in [0, 0.05) is 33.4 Å². The van der Waals surface area contributed by atoms with Crippen LogP contribution in [0.1, 0.15) is 43.7 Å². The molecule has 0 saturated carbocycles. The minimum Gasteiger partial charge on any atom is -0.381 e. The maximum atomic E-state index is 12.8. The second-order valence-electron chi connectivity index (χ2n) is 6.65. The molecule has 0 unspecified atom stereocenters. The zero-order valence-electron chi connectivity index (χ0n) is 14.0. The van der Waals surface area contributed by atoms with E-state index < -0.39 is 5.41 Å². The highest BCUT2D eigenvalue weighted by Crippen LogP contribution is 2.31. The maximum absolute atomic E-state index is 12.8. The fourth-order valence-corrected chi connectivity index (χ4v) is 3.03. The van der Waals surface area contributed by atoms with Gasteiger partial charge < -0.3 is 15.4 Å². The highest BCUT2D eigenvalue weighted by molar-refractivity contribution is 5.83. The third kappa shape index (κ3) is 3.68. The minimum absolute atomic E-state index is 0.145. The molecule has 1 aliphatic rings. The molecule has 2 rings (SSSR count). The lowest BCUT2D eigenvalue weighted by Crippen LogP contribution is -2.49. The van der Waals surface area contributed by atoms with E-state index in [-0.39, 0.29) is 5.91 Å². The zero-order chi connectivity index (χ0) is 16.2. The van der Waals surface area contributed by atoms with E-state index in [9.17, 15) is 4.79 Å². The van der Waals surface area contributed by atoms with Gasteiger partial charge in [0.15, 0.2) is 0 Å². The molecule has 1 aromatic carbocycles. The van der Waals surface area contributed by atoms with Crippen LogP contribution in [0.4, 0.5) is 0 Å². The molecule has 1 aromatic rings. The van der Waals surface area contributed by atoms with Crippen molar-refractivity contribution in [3.63, 3.8) is 0 Å². The van der Waals surface area contributed by atoms with Crippen LogP contribution in [0, 0.1) is 5.41 Å². The van der Waals surface area contributed by atoms with Crippen LogP contribution in [0.25, 0.3) is 0 Å². The molecule has 0 aromatic heterocycles. The quantitative estimate of drug-likeness (QED) is 0.909. The summed E-state index contributed by atoms with van der Waals surface area (Å²) in [6.07, 6.45) is 1.44. The molecule has 122 valence electrons. The minimum atomic E-state index is -0.440. The maximum Gasteiger partial charge on any atom is 0.230 e. The number of nitrogens with two attached hydrogens (primary N) is 1. The van der Waals surface area contributed by atoms with Gasteiger partial charge in [-0.25, -0.2) is 0 Å². The summed E-state index contributed by atoms with van der Waals surface area (Å²) in [7, 11) is 1.87. The molecule has 0 radical (unpaired) electrons. The van der Waals surface area contributed by atoms with E-state index in [1.54, 1.807) is 0 Å². The molecule has 1 aliphatic heterocycles. The van der Waals surface area contributed by atoms with Crippen molar-refractivity contribution >= 4 is 5.91 Å². The smallest absolute Gasteiger partial charge is 0.230 e. The molecule has 1 fully saturated rings. The fourth-order valence-electron chi connectivity index (χ4n) is 3.03. The molecule has 0 spiro atoms. The molecule has 0 aliphatic carbocycles. The predicted molar refractivity (Wildman–Crippen MR) is 88.5 cm³/mol. The van der Waals surface area contributed by atoms with Gasteiger partial charge in [0.1, 0.15) is 0 Å². The van der Waals surface area contributed by atoms with Crippen LogP contribution in [-0.4, -0.2) is 37.6 Å². The third-order valence-corrected chi connectivity index (χ3v) is 4.71. The van der Waals surface area contributed by atoms with E-state index in [1.165, 1.54) is 5.56 Å². The van der Waals surface area contributed by atoms with E-state index in [2.05, 4.69) is 38.1 Å². The van der Waals surface area contributed by atoms with E-state index in [4.69, 9.17) is 10.5 Å². The number of ether oxygens (including phenoxy) is 1. The average molecular weight is 304 g/mol. The Bertz CT molecular complexity index is 490. The Morgan fingerprint density at radius 1 is 1.27 bits per heavy atom. The van der Waals surface area contributed by atoms with Crippen LogP contribution in [0.2, 0.25) is 0 Å². The monoisotopic (exact) mass is 304 g/mol. The number of rotatable bonds is 5. The van der Waals surface area contributed by atoms with Gasteiger partial charge in [0.2, 0.25) is 5.91 Å². The first-order valence-corrected chi connectivity index (χ1v) is 8.11. The molecular weight excluding hydrogens is 276 g/mol. The first kappa shape index (κ1) is 17.0. The van der Waals surface area contributed by atoms with E-state index in [0.29, 0.717) is 32.2 Å². The highest BCUT2D eigenvalue weighted by Gasteiger charge is 2.40. The highest BCUT2D eigenvalue weighted by atomic mass is 16.5. The number of hydrogen-bond acceptors (Lipinski definition) is 3. The largest absolute Gasteiger partial charge is 0.381 e. The Balaban J connectivity index is 2.04. The summed E-state index contributed by atoms with van der Waals surface area (Å²) in [6, 6.07) is 8.51. The summed E-state index contributed by atoms with van der Waals surface area (Å²) in [5.74, 6) is 0.669. The summed E-state index contributed by atoms with van der Waals surface area (Å²) in [4.78, 5) is 14.6. The van der Waals surface area contributed by atoms with E-state index in [1.807, 2.05) is 11.9 Å². The summed E-state index contributed by atoms with van der Waals surface area (Å²) in [5.41, 5.74) is 7.95. The lowest BCUT2D eigenvalue weighted by Gasteiger charge is -2.37. The Kier molecular flexibility index (Phi) is 5.59. The Hall–Kier alpha value is -1.39. The van der Waals surface area contributed by atoms with Crippen LogP contribution in [-0.2, 0) is 16.1 Å². The molecule has 0 bridgehead atoms. The number of nitrogens with zero attached hydrogens (tertiary/aromatic N) is 1. The lowest BCUT2D eigenvalue weighted by atomic mass is 9.79. The van der Waals surface area contributed by atoms with Crippen molar-refractivity contribution in [1.82, 2.24) is 4.90 Å². The second kappa shape index (κ2) is 7.25. The van der Waals surface area contributed by atoms with Crippen molar-refractivity contribution in [3.8, 4) is 0 Å². The Morgan fingerprint density at radius 3 is 2.36 bits per heavy atom. The molecule has 2 N–H and O–H groups in total.